The molecule has 1 aliphatic carbocycles. The standard InChI is InChI=1S/C20H21FN2O3S/c1-13-6-8-15(9-7-13)27(25,26)23-11-14-10-19(17(14)12-23)22-20(24)16-4-2-3-5-18(16)21/h2-9,14,17,19H,10-12H2,1H3,(H,22,24)/t14-,17+,19+/m1/s1. The molecule has 4 rings (SSSR count). The van der Waals surface area contributed by atoms with Gasteiger partial charge in [0.05, 0.1) is 10.5 Å². The Labute approximate surface area is 158 Å². The summed E-state index contributed by atoms with van der Waals surface area (Å²) in [4.78, 5) is 12.6. The summed E-state index contributed by atoms with van der Waals surface area (Å²) in [5, 5.41) is 2.86. The number of amides is 1. The van der Waals surface area contributed by atoms with E-state index in [0.29, 0.717) is 24.4 Å². The number of hydrogen-bond donors (Lipinski definition) is 1. The fourth-order valence-electron chi connectivity index (χ4n) is 3.98. The van der Waals surface area contributed by atoms with Crippen LogP contribution in [0.5, 0.6) is 0 Å². The number of sulfonamides is 1. The van der Waals surface area contributed by atoms with E-state index < -0.39 is 21.7 Å². The highest BCUT2D eigenvalue weighted by Gasteiger charge is 2.50. The highest BCUT2D eigenvalue weighted by molar-refractivity contribution is 7.89. The first-order valence-electron chi connectivity index (χ1n) is 8.98. The maximum Gasteiger partial charge on any atom is 0.254 e. The van der Waals surface area contributed by atoms with Crippen LogP contribution in [0.2, 0.25) is 0 Å². The summed E-state index contributed by atoms with van der Waals surface area (Å²) in [6.07, 6.45) is 0.713. The van der Waals surface area contributed by atoms with E-state index in [1.807, 2.05) is 6.92 Å². The van der Waals surface area contributed by atoms with E-state index in [1.165, 1.54) is 22.5 Å². The molecule has 3 atom stereocenters. The third-order valence-electron chi connectivity index (χ3n) is 5.63. The molecule has 1 aliphatic heterocycles. The van der Waals surface area contributed by atoms with Crippen LogP contribution >= 0.6 is 0 Å². The van der Waals surface area contributed by atoms with Crippen molar-refractivity contribution >= 4 is 15.9 Å². The fraction of sp³-hybridized carbons (Fsp3) is 0.350. The zero-order valence-corrected chi connectivity index (χ0v) is 15.7. The quantitative estimate of drug-likeness (QED) is 0.876. The van der Waals surface area contributed by atoms with Crippen LogP contribution in [-0.4, -0.2) is 37.8 Å². The molecule has 142 valence electrons. The lowest BCUT2D eigenvalue weighted by Crippen LogP contribution is -2.52. The largest absolute Gasteiger partial charge is 0.349 e. The van der Waals surface area contributed by atoms with Crippen molar-refractivity contribution in [2.75, 3.05) is 13.1 Å². The summed E-state index contributed by atoms with van der Waals surface area (Å²) in [5.41, 5.74) is 1.02. The number of carbonyl (C=O) groups excluding carboxylic acids is 1. The van der Waals surface area contributed by atoms with Crippen LogP contribution in [0.1, 0.15) is 22.3 Å². The van der Waals surface area contributed by atoms with Gasteiger partial charge in [-0.1, -0.05) is 29.8 Å². The van der Waals surface area contributed by atoms with Gasteiger partial charge in [0.2, 0.25) is 10.0 Å². The molecule has 0 bridgehead atoms. The van der Waals surface area contributed by atoms with Gasteiger partial charge in [0.15, 0.2) is 0 Å². The molecular weight excluding hydrogens is 367 g/mol. The Morgan fingerprint density at radius 3 is 2.52 bits per heavy atom. The molecule has 1 N–H and O–H groups in total. The molecule has 1 heterocycles. The number of benzene rings is 2. The number of nitrogens with one attached hydrogen (secondary N) is 1. The van der Waals surface area contributed by atoms with Crippen LogP contribution in [0.4, 0.5) is 4.39 Å². The van der Waals surface area contributed by atoms with Crippen molar-refractivity contribution in [3.05, 3.63) is 65.5 Å². The second-order valence-corrected chi connectivity index (χ2v) is 9.29. The molecule has 27 heavy (non-hydrogen) atoms. The monoisotopic (exact) mass is 388 g/mol. The number of aryl methyl sites for hydroxylation is 1. The van der Waals surface area contributed by atoms with Crippen LogP contribution in [-0.2, 0) is 10.0 Å². The summed E-state index contributed by atoms with van der Waals surface area (Å²) < 4.78 is 41.0. The first kappa shape index (κ1) is 18.1. The molecular formula is C20H21FN2O3S. The Kier molecular flexibility index (Phi) is 4.52. The van der Waals surface area contributed by atoms with Crippen molar-refractivity contribution in [1.29, 1.82) is 0 Å². The lowest BCUT2D eigenvalue weighted by Gasteiger charge is -2.39. The predicted molar refractivity (Wildman–Crippen MR) is 99.2 cm³/mol. The second-order valence-electron chi connectivity index (χ2n) is 7.35. The lowest BCUT2D eigenvalue weighted by molar-refractivity contribution is 0.0828. The molecule has 0 aromatic heterocycles. The Morgan fingerprint density at radius 2 is 1.81 bits per heavy atom. The average molecular weight is 388 g/mol. The van der Waals surface area contributed by atoms with E-state index in [0.717, 1.165) is 5.56 Å². The van der Waals surface area contributed by atoms with Crippen LogP contribution in [0.15, 0.2) is 53.4 Å². The number of carbonyl (C=O) groups is 1. The number of hydrogen-bond acceptors (Lipinski definition) is 3. The maximum atomic E-state index is 13.8. The first-order valence-corrected chi connectivity index (χ1v) is 10.4. The predicted octanol–water partition coefficient (Wildman–Crippen LogP) is 2.57. The van der Waals surface area contributed by atoms with E-state index in [9.17, 15) is 17.6 Å². The Balaban J connectivity index is 1.43. The summed E-state index contributed by atoms with van der Waals surface area (Å²) in [7, 11) is -3.53. The minimum absolute atomic E-state index is 0.0167. The van der Waals surface area contributed by atoms with Crippen LogP contribution < -0.4 is 5.32 Å². The summed E-state index contributed by atoms with van der Waals surface area (Å²) in [6.45, 7) is 2.76. The molecule has 0 unspecified atom stereocenters. The molecule has 2 fully saturated rings. The van der Waals surface area contributed by atoms with E-state index in [2.05, 4.69) is 5.32 Å². The molecule has 1 saturated heterocycles. The molecule has 1 amide bonds. The van der Waals surface area contributed by atoms with Gasteiger partial charge in [-0.2, -0.15) is 4.31 Å². The van der Waals surface area contributed by atoms with Crippen molar-refractivity contribution in [3.8, 4) is 0 Å². The summed E-state index contributed by atoms with van der Waals surface area (Å²) in [5.74, 6) is -0.700. The van der Waals surface area contributed by atoms with Crippen LogP contribution in [0, 0.1) is 24.6 Å². The molecule has 2 aromatic carbocycles. The summed E-state index contributed by atoms with van der Waals surface area (Å²) >= 11 is 0. The first-order chi connectivity index (χ1) is 12.9. The van der Waals surface area contributed by atoms with Crippen molar-refractivity contribution in [2.45, 2.75) is 24.3 Å². The Hall–Kier alpha value is -2.25. The van der Waals surface area contributed by atoms with Gasteiger partial charge in [-0.15, -0.1) is 0 Å². The smallest absolute Gasteiger partial charge is 0.254 e. The number of rotatable bonds is 4. The van der Waals surface area contributed by atoms with Crippen LogP contribution in [0.3, 0.4) is 0 Å². The van der Waals surface area contributed by atoms with E-state index in [-0.39, 0.29) is 23.4 Å². The average Bonchev–Trinajstić information content (AvgIpc) is 2.98. The van der Waals surface area contributed by atoms with Gasteiger partial charge < -0.3 is 5.32 Å². The number of fused-ring (bicyclic) bond motifs is 1. The normalized spacial score (nSPS) is 24.9. The minimum Gasteiger partial charge on any atom is -0.349 e. The molecule has 7 heteroatoms. The van der Waals surface area contributed by atoms with Gasteiger partial charge >= 0.3 is 0 Å². The van der Waals surface area contributed by atoms with Gasteiger partial charge in [-0.3, -0.25) is 4.79 Å². The zero-order chi connectivity index (χ0) is 19.2. The lowest BCUT2D eigenvalue weighted by atomic mass is 9.71. The van der Waals surface area contributed by atoms with Gasteiger partial charge in [-0.05, 0) is 49.4 Å². The van der Waals surface area contributed by atoms with Crippen molar-refractivity contribution < 1.29 is 17.6 Å². The maximum absolute atomic E-state index is 13.8. The van der Waals surface area contributed by atoms with Gasteiger partial charge in [0.1, 0.15) is 5.82 Å². The van der Waals surface area contributed by atoms with Gasteiger partial charge in [-0.25, -0.2) is 12.8 Å². The fourth-order valence-corrected chi connectivity index (χ4v) is 5.51. The molecule has 1 saturated carbocycles. The van der Waals surface area contributed by atoms with Gasteiger partial charge in [0.25, 0.3) is 5.91 Å². The Morgan fingerprint density at radius 1 is 1.11 bits per heavy atom. The van der Waals surface area contributed by atoms with Crippen molar-refractivity contribution in [2.24, 2.45) is 11.8 Å². The van der Waals surface area contributed by atoms with Crippen molar-refractivity contribution in [3.63, 3.8) is 0 Å². The molecule has 2 aromatic rings. The molecule has 5 nitrogen and oxygen atoms in total. The SMILES string of the molecule is Cc1ccc(S(=O)(=O)N2C[C@H]3C[C@H](NC(=O)c4ccccc4F)[C@H]3C2)cc1. The highest BCUT2D eigenvalue weighted by atomic mass is 32.2. The minimum atomic E-state index is -3.53. The highest BCUT2D eigenvalue weighted by Crippen LogP contribution is 2.42. The van der Waals surface area contributed by atoms with Gasteiger partial charge in [0, 0.05) is 19.1 Å². The molecule has 2 aliphatic rings. The number of nitrogens with zero attached hydrogens (tertiary/aromatic N) is 1. The van der Waals surface area contributed by atoms with Crippen LogP contribution in [0.25, 0.3) is 0 Å². The third kappa shape index (κ3) is 3.26. The van der Waals surface area contributed by atoms with E-state index in [1.54, 1.807) is 30.3 Å². The van der Waals surface area contributed by atoms with E-state index in [4.69, 9.17) is 0 Å². The van der Waals surface area contributed by atoms with Crippen molar-refractivity contribution in [1.82, 2.24) is 9.62 Å². The molecule has 0 radical (unpaired) electrons. The molecule has 0 spiro atoms. The Bertz CT molecular complexity index is 975. The topological polar surface area (TPSA) is 66.5 Å². The third-order valence-corrected chi connectivity index (χ3v) is 7.47. The zero-order valence-electron chi connectivity index (χ0n) is 14.9. The summed E-state index contributed by atoms with van der Waals surface area (Å²) in [6, 6.07) is 12.6. The second kappa shape index (κ2) is 6.73. The number of halogens is 1. The van der Waals surface area contributed by atoms with E-state index >= 15 is 0 Å².